The van der Waals surface area contributed by atoms with Gasteiger partial charge in [0.1, 0.15) is 16.3 Å². The molecule has 27 heavy (non-hydrogen) atoms. The van der Waals surface area contributed by atoms with Gasteiger partial charge in [0.25, 0.3) is 5.91 Å². The third-order valence-corrected chi connectivity index (χ3v) is 7.24. The summed E-state index contributed by atoms with van der Waals surface area (Å²) in [6.07, 6.45) is 5.08. The molecule has 0 spiro atoms. The Morgan fingerprint density at radius 1 is 1.22 bits per heavy atom. The Bertz CT molecular complexity index is 972. The topological polar surface area (TPSA) is 43.3 Å². The molecule has 2 saturated carbocycles. The fourth-order valence-corrected chi connectivity index (χ4v) is 5.79. The van der Waals surface area contributed by atoms with Gasteiger partial charge in [0, 0.05) is 18.0 Å². The van der Waals surface area contributed by atoms with E-state index in [2.05, 4.69) is 33.5 Å². The van der Waals surface area contributed by atoms with E-state index in [1.807, 2.05) is 18.2 Å². The quantitative estimate of drug-likeness (QED) is 0.698. The van der Waals surface area contributed by atoms with E-state index in [-0.39, 0.29) is 5.91 Å². The Balaban J connectivity index is 1.42. The van der Waals surface area contributed by atoms with Crippen LogP contribution in [-0.2, 0) is 6.54 Å². The maximum atomic E-state index is 13.1. The number of hydrogen-bond donors (Lipinski definition) is 1. The number of thiophene rings is 1. The van der Waals surface area contributed by atoms with E-state index in [0.717, 1.165) is 39.6 Å². The number of methoxy groups -OCH3 is 1. The van der Waals surface area contributed by atoms with Crippen molar-refractivity contribution in [3.05, 3.63) is 53.0 Å². The van der Waals surface area contributed by atoms with E-state index in [4.69, 9.17) is 4.74 Å². The van der Waals surface area contributed by atoms with Crippen LogP contribution in [0.15, 0.2) is 41.8 Å². The standard InChI is InChI=1S/C22H24N2O2S/c1-26-18-6-3-14(4-7-18)13-24-20(12-17-8-9-27-22(17)24)21(25)23-19-11-15-2-5-16(19)10-15/h3-4,6-9,12,15-16,19H,2,5,10-11,13H2,1H3,(H,23,25). The van der Waals surface area contributed by atoms with E-state index in [0.29, 0.717) is 18.5 Å². The first-order valence-electron chi connectivity index (χ1n) is 9.72. The average Bonchev–Trinajstić information content (AvgIpc) is 3.44. The number of rotatable bonds is 5. The van der Waals surface area contributed by atoms with Crippen LogP contribution in [0.3, 0.4) is 0 Å². The van der Waals surface area contributed by atoms with E-state index in [1.165, 1.54) is 19.3 Å². The van der Waals surface area contributed by atoms with Crippen LogP contribution in [0.25, 0.3) is 10.2 Å². The number of benzene rings is 1. The lowest BCUT2D eigenvalue weighted by Crippen LogP contribution is -2.39. The van der Waals surface area contributed by atoms with Gasteiger partial charge in [-0.2, -0.15) is 0 Å². The minimum Gasteiger partial charge on any atom is -0.497 e. The summed E-state index contributed by atoms with van der Waals surface area (Å²) in [6, 6.07) is 12.6. The van der Waals surface area contributed by atoms with Crippen LogP contribution in [0.1, 0.15) is 41.7 Å². The molecule has 2 fully saturated rings. The first kappa shape index (κ1) is 16.9. The highest BCUT2D eigenvalue weighted by Gasteiger charge is 2.40. The van der Waals surface area contributed by atoms with Crippen molar-refractivity contribution in [3.8, 4) is 5.75 Å². The summed E-state index contributed by atoms with van der Waals surface area (Å²) in [7, 11) is 1.67. The molecule has 5 heteroatoms. The highest BCUT2D eigenvalue weighted by Crippen LogP contribution is 2.44. The number of fused-ring (bicyclic) bond motifs is 3. The van der Waals surface area contributed by atoms with Crippen LogP contribution in [0, 0.1) is 11.8 Å². The lowest BCUT2D eigenvalue weighted by atomic mass is 9.95. The number of aromatic nitrogens is 1. The molecule has 3 unspecified atom stereocenters. The number of hydrogen-bond acceptors (Lipinski definition) is 3. The summed E-state index contributed by atoms with van der Waals surface area (Å²) in [4.78, 5) is 14.3. The van der Waals surface area contributed by atoms with Gasteiger partial charge in [-0.05, 0) is 66.3 Å². The first-order chi connectivity index (χ1) is 13.2. The molecule has 3 aromatic rings. The number of amides is 1. The Morgan fingerprint density at radius 3 is 2.78 bits per heavy atom. The average molecular weight is 381 g/mol. The van der Waals surface area contributed by atoms with E-state index in [9.17, 15) is 4.79 Å². The van der Waals surface area contributed by atoms with Crippen LogP contribution in [-0.4, -0.2) is 23.6 Å². The molecular weight excluding hydrogens is 356 g/mol. The molecule has 4 nitrogen and oxygen atoms in total. The maximum Gasteiger partial charge on any atom is 0.268 e. The summed E-state index contributed by atoms with van der Waals surface area (Å²) >= 11 is 1.69. The minimum absolute atomic E-state index is 0.0736. The van der Waals surface area contributed by atoms with Crippen molar-refractivity contribution in [2.24, 2.45) is 11.8 Å². The molecule has 1 N–H and O–H groups in total. The second-order valence-corrected chi connectivity index (χ2v) is 8.79. The summed E-state index contributed by atoms with van der Waals surface area (Å²) < 4.78 is 7.41. The molecule has 1 aromatic carbocycles. The highest BCUT2D eigenvalue weighted by atomic mass is 32.1. The van der Waals surface area contributed by atoms with Gasteiger partial charge in [0.2, 0.25) is 0 Å². The van der Waals surface area contributed by atoms with E-state index in [1.54, 1.807) is 18.4 Å². The summed E-state index contributed by atoms with van der Waals surface area (Å²) in [5.41, 5.74) is 1.94. The largest absolute Gasteiger partial charge is 0.497 e. The molecule has 0 saturated heterocycles. The lowest BCUT2D eigenvalue weighted by Gasteiger charge is -2.23. The first-order valence-corrected chi connectivity index (χ1v) is 10.6. The monoisotopic (exact) mass is 380 g/mol. The third kappa shape index (κ3) is 3.04. The number of carbonyl (C=O) groups excluding carboxylic acids is 1. The van der Waals surface area contributed by atoms with Crippen molar-refractivity contribution >= 4 is 27.5 Å². The van der Waals surface area contributed by atoms with Crippen LogP contribution in [0.2, 0.25) is 0 Å². The number of ether oxygens (including phenoxy) is 1. The highest BCUT2D eigenvalue weighted by molar-refractivity contribution is 7.16. The molecule has 2 heterocycles. The maximum absolute atomic E-state index is 13.1. The van der Waals surface area contributed by atoms with Crippen molar-refractivity contribution in [2.75, 3.05) is 7.11 Å². The lowest BCUT2D eigenvalue weighted by molar-refractivity contribution is 0.0914. The fraction of sp³-hybridized carbons (Fsp3) is 0.409. The van der Waals surface area contributed by atoms with Gasteiger partial charge < -0.3 is 14.6 Å². The molecule has 2 aromatic heterocycles. The second kappa shape index (κ2) is 6.71. The number of carbonyl (C=O) groups is 1. The summed E-state index contributed by atoms with van der Waals surface area (Å²) in [6.45, 7) is 0.688. The van der Waals surface area contributed by atoms with Gasteiger partial charge in [0.15, 0.2) is 0 Å². The van der Waals surface area contributed by atoms with Gasteiger partial charge in [-0.3, -0.25) is 4.79 Å². The van der Waals surface area contributed by atoms with E-state index < -0.39 is 0 Å². The minimum atomic E-state index is 0.0736. The Morgan fingerprint density at radius 2 is 2.07 bits per heavy atom. The molecule has 2 aliphatic rings. The Kier molecular flexibility index (Phi) is 4.20. The van der Waals surface area contributed by atoms with Gasteiger partial charge >= 0.3 is 0 Å². The zero-order valence-electron chi connectivity index (χ0n) is 15.5. The molecule has 2 aliphatic carbocycles. The molecular formula is C22H24N2O2S. The third-order valence-electron chi connectivity index (χ3n) is 6.29. The molecule has 3 atom stereocenters. The molecule has 0 radical (unpaired) electrons. The van der Waals surface area contributed by atoms with Gasteiger partial charge in [-0.15, -0.1) is 11.3 Å². The predicted molar refractivity (Wildman–Crippen MR) is 109 cm³/mol. The fourth-order valence-electron chi connectivity index (χ4n) is 4.90. The van der Waals surface area contributed by atoms with Gasteiger partial charge in [-0.25, -0.2) is 0 Å². The van der Waals surface area contributed by atoms with Crippen LogP contribution in [0.5, 0.6) is 5.75 Å². The van der Waals surface area contributed by atoms with Gasteiger partial charge in [-0.1, -0.05) is 18.6 Å². The molecule has 5 rings (SSSR count). The van der Waals surface area contributed by atoms with Crippen molar-refractivity contribution in [1.29, 1.82) is 0 Å². The van der Waals surface area contributed by atoms with E-state index >= 15 is 0 Å². The normalized spacial score (nSPS) is 23.8. The zero-order valence-corrected chi connectivity index (χ0v) is 16.3. The number of nitrogens with one attached hydrogen (secondary N) is 1. The molecule has 2 bridgehead atoms. The summed E-state index contributed by atoms with van der Waals surface area (Å²) in [5, 5.41) is 6.58. The SMILES string of the molecule is COc1ccc(Cn2c(C(=O)NC3CC4CCC3C4)cc3ccsc32)cc1. The Labute approximate surface area is 163 Å². The van der Waals surface area contributed by atoms with Crippen molar-refractivity contribution in [1.82, 2.24) is 9.88 Å². The van der Waals surface area contributed by atoms with Crippen LogP contribution >= 0.6 is 11.3 Å². The van der Waals surface area contributed by atoms with Crippen LogP contribution < -0.4 is 10.1 Å². The second-order valence-electron chi connectivity index (χ2n) is 7.90. The van der Waals surface area contributed by atoms with Crippen molar-refractivity contribution in [3.63, 3.8) is 0 Å². The number of nitrogens with zero attached hydrogens (tertiary/aromatic N) is 1. The van der Waals surface area contributed by atoms with Crippen molar-refractivity contribution in [2.45, 2.75) is 38.3 Å². The van der Waals surface area contributed by atoms with Crippen LogP contribution in [0.4, 0.5) is 0 Å². The zero-order chi connectivity index (χ0) is 18.4. The Hall–Kier alpha value is -2.27. The van der Waals surface area contributed by atoms with Gasteiger partial charge in [0.05, 0.1) is 7.11 Å². The molecule has 0 aliphatic heterocycles. The molecule has 140 valence electrons. The predicted octanol–water partition coefficient (Wildman–Crippen LogP) is 4.68. The summed E-state index contributed by atoms with van der Waals surface area (Å²) in [5.74, 6) is 2.44. The van der Waals surface area contributed by atoms with Crippen molar-refractivity contribution < 1.29 is 9.53 Å². The smallest absolute Gasteiger partial charge is 0.268 e. The molecule has 1 amide bonds.